The zero-order valence-corrected chi connectivity index (χ0v) is 17.7. The maximum atomic E-state index is 4.48. The van der Waals surface area contributed by atoms with Gasteiger partial charge in [0.25, 0.3) is 0 Å². The van der Waals surface area contributed by atoms with Gasteiger partial charge >= 0.3 is 0 Å². The molecule has 1 aromatic heterocycles. The lowest BCUT2D eigenvalue weighted by Gasteiger charge is -2.21. The summed E-state index contributed by atoms with van der Waals surface area (Å²) in [6.07, 6.45) is 1.90. The Morgan fingerprint density at radius 2 is 1.82 bits per heavy atom. The summed E-state index contributed by atoms with van der Waals surface area (Å²) in [5.41, 5.74) is 4.88. The van der Waals surface area contributed by atoms with Gasteiger partial charge in [-0.2, -0.15) is 0 Å². The molecule has 5 heteroatoms. The molecule has 2 aromatic carbocycles. The number of anilines is 1. The van der Waals surface area contributed by atoms with Crippen LogP contribution in [-0.4, -0.2) is 27.9 Å². The molecule has 0 fully saturated rings. The molecule has 28 heavy (non-hydrogen) atoms. The van der Waals surface area contributed by atoms with Gasteiger partial charge in [-0.15, -0.1) is 16.8 Å². The van der Waals surface area contributed by atoms with Crippen molar-refractivity contribution in [3.05, 3.63) is 72.3 Å². The Bertz CT molecular complexity index is 911. The molecule has 146 valence electrons. The van der Waals surface area contributed by atoms with Crippen LogP contribution in [0.3, 0.4) is 0 Å². The number of benzene rings is 2. The normalized spacial score (nSPS) is 10.8. The molecule has 0 amide bonds. The largest absolute Gasteiger partial charge is 0.372 e. The number of rotatable bonds is 9. The molecule has 3 aromatic rings. The predicted molar refractivity (Wildman–Crippen MR) is 120 cm³/mol. The van der Waals surface area contributed by atoms with Crippen LogP contribution in [-0.2, 0) is 12.3 Å². The Hall–Kier alpha value is -2.53. The van der Waals surface area contributed by atoms with E-state index in [1.807, 2.05) is 6.08 Å². The first-order valence-electron chi connectivity index (χ1n) is 9.74. The minimum atomic E-state index is 0.691. The monoisotopic (exact) mass is 392 g/mol. The summed E-state index contributed by atoms with van der Waals surface area (Å²) in [5, 5.41) is 9.86. The van der Waals surface area contributed by atoms with E-state index in [9.17, 15) is 0 Å². The Balaban J connectivity index is 1.83. The van der Waals surface area contributed by atoms with Crippen LogP contribution < -0.4 is 4.90 Å². The minimum absolute atomic E-state index is 0.691. The molecule has 0 N–H and O–H groups in total. The Labute approximate surface area is 172 Å². The first kappa shape index (κ1) is 20.2. The van der Waals surface area contributed by atoms with Crippen molar-refractivity contribution in [3.63, 3.8) is 0 Å². The summed E-state index contributed by atoms with van der Waals surface area (Å²) >= 11 is 1.71. The zero-order chi connectivity index (χ0) is 19.9. The van der Waals surface area contributed by atoms with E-state index in [1.165, 1.54) is 16.8 Å². The maximum absolute atomic E-state index is 4.48. The number of aryl methyl sites for hydroxylation is 1. The quantitative estimate of drug-likeness (QED) is 0.352. The van der Waals surface area contributed by atoms with Gasteiger partial charge in [0, 0.05) is 36.6 Å². The second-order valence-electron chi connectivity index (χ2n) is 6.70. The third-order valence-corrected chi connectivity index (χ3v) is 5.77. The lowest BCUT2D eigenvalue weighted by Crippen LogP contribution is -2.21. The summed E-state index contributed by atoms with van der Waals surface area (Å²) < 4.78 is 2.14. The van der Waals surface area contributed by atoms with Crippen LogP contribution in [0, 0.1) is 6.92 Å². The lowest BCUT2D eigenvalue weighted by atomic mass is 10.2. The van der Waals surface area contributed by atoms with Gasteiger partial charge in [-0.1, -0.05) is 47.7 Å². The van der Waals surface area contributed by atoms with Crippen LogP contribution in [0.5, 0.6) is 0 Å². The van der Waals surface area contributed by atoms with E-state index in [1.54, 1.807) is 11.8 Å². The number of allylic oxidation sites excluding steroid dienone is 1. The molecule has 0 unspecified atom stereocenters. The van der Waals surface area contributed by atoms with Crippen LogP contribution in [0.2, 0.25) is 0 Å². The molecule has 0 bridgehead atoms. The van der Waals surface area contributed by atoms with Crippen LogP contribution in [0.15, 0.2) is 66.3 Å². The fourth-order valence-electron chi connectivity index (χ4n) is 3.26. The van der Waals surface area contributed by atoms with E-state index in [-0.39, 0.29) is 0 Å². The highest BCUT2D eigenvalue weighted by atomic mass is 32.2. The van der Waals surface area contributed by atoms with Crippen molar-refractivity contribution in [2.45, 2.75) is 38.2 Å². The molecular formula is C23H28N4S. The molecule has 1 heterocycles. The van der Waals surface area contributed by atoms with Crippen molar-refractivity contribution in [2.75, 3.05) is 18.0 Å². The third-order valence-electron chi connectivity index (χ3n) is 4.73. The number of thioether (sulfide) groups is 1. The van der Waals surface area contributed by atoms with Crippen molar-refractivity contribution < 1.29 is 0 Å². The standard InChI is InChI=1S/C23H28N4S/c1-5-15-27-22(20-11-13-21(14-12-20)26(6-2)7-3)24-25-23(27)28-17-19-10-8-9-18(4)16-19/h5,8-14,16H,1,6-7,15,17H2,2-4H3. The van der Waals surface area contributed by atoms with Gasteiger partial charge in [0.1, 0.15) is 0 Å². The van der Waals surface area contributed by atoms with E-state index in [4.69, 9.17) is 0 Å². The summed E-state index contributed by atoms with van der Waals surface area (Å²) in [6.45, 7) is 13.1. The van der Waals surface area contributed by atoms with E-state index in [2.05, 4.69) is 95.5 Å². The molecule has 0 aliphatic rings. The minimum Gasteiger partial charge on any atom is -0.372 e. The average molecular weight is 393 g/mol. The molecule has 0 saturated heterocycles. The van der Waals surface area contributed by atoms with E-state index in [0.717, 1.165) is 35.4 Å². The van der Waals surface area contributed by atoms with Gasteiger partial charge in [0.2, 0.25) is 0 Å². The van der Waals surface area contributed by atoms with Gasteiger partial charge in [-0.25, -0.2) is 0 Å². The first-order valence-corrected chi connectivity index (χ1v) is 10.7. The highest BCUT2D eigenvalue weighted by molar-refractivity contribution is 7.98. The molecule has 0 saturated carbocycles. The summed E-state index contributed by atoms with van der Waals surface area (Å²) in [4.78, 5) is 2.33. The third kappa shape index (κ3) is 4.65. The first-order chi connectivity index (χ1) is 13.7. The van der Waals surface area contributed by atoms with Crippen molar-refractivity contribution in [1.29, 1.82) is 0 Å². The Kier molecular flexibility index (Phi) is 6.93. The highest BCUT2D eigenvalue weighted by Gasteiger charge is 2.14. The molecule has 4 nitrogen and oxygen atoms in total. The molecule has 0 atom stereocenters. The number of nitrogens with zero attached hydrogens (tertiary/aromatic N) is 4. The van der Waals surface area contributed by atoms with Gasteiger partial charge in [-0.05, 0) is 50.6 Å². The van der Waals surface area contributed by atoms with Gasteiger partial charge < -0.3 is 4.90 Å². The van der Waals surface area contributed by atoms with E-state index >= 15 is 0 Å². The van der Waals surface area contributed by atoms with E-state index in [0.29, 0.717) is 6.54 Å². The molecular weight excluding hydrogens is 364 g/mol. The van der Waals surface area contributed by atoms with Gasteiger partial charge in [0.15, 0.2) is 11.0 Å². The lowest BCUT2D eigenvalue weighted by molar-refractivity contribution is 0.731. The second kappa shape index (κ2) is 9.60. The fourth-order valence-corrected chi connectivity index (χ4v) is 4.15. The van der Waals surface area contributed by atoms with Crippen LogP contribution in [0.25, 0.3) is 11.4 Å². The number of hydrogen-bond donors (Lipinski definition) is 0. The number of aromatic nitrogens is 3. The van der Waals surface area contributed by atoms with Gasteiger partial charge in [-0.3, -0.25) is 4.57 Å². The second-order valence-corrected chi connectivity index (χ2v) is 7.64. The van der Waals surface area contributed by atoms with Crippen molar-refractivity contribution in [3.8, 4) is 11.4 Å². The molecule has 0 aliphatic heterocycles. The smallest absolute Gasteiger partial charge is 0.192 e. The molecule has 0 spiro atoms. The predicted octanol–water partition coefficient (Wildman–Crippen LogP) is 5.58. The molecule has 0 radical (unpaired) electrons. The van der Waals surface area contributed by atoms with Crippen LogP contribution >= 0.6 is 11.8 Å². The highest BCUT2D eigenvalue weighted by Crippen LogP contribution is 2.28. The molecule has 0 aliphatic carbocycles. The van der Waals surface area contributed by atoms with Crippen LogP contribution in [0.1, 0.15) is 25.0 Å². The number of hydrogen-bond acceptors (Lipinski definition) is 4. The Morgan fingerprint density at radius 1 is 1.07 bits per heavy atom. The van der Waals surface area contributed by atoms with Gasteiger partial charge in [0.05, 0.1) is 0 Å². The van der Waals surface area contributed by atoms with Crippen molar-refractivity contribution >= 4 is 17.4 Å². The van der Waals surface area contributed by atoms with Crippen molar-refractivity contribution in [2.24, 2.45) is 0 Å². The zero-order valence-electron chi connectivity index (χ0n) is 16.9. The topological polar surface area (TPSA) is 34.0 Å². The summed E-state index contributed by atoms with van der Waals surface area (Å²) in [5.74, 6) is 1.76. The molecule has 3 rings (SSSR count). The van der Waals surface area contributed by atoms with Crippen LogP contribution in [0.4, 0.5) is 5.69 Å². The summed E-state index contributed by atoms with van der Waals surface area (Å²) in [7, 11) is 0. The average Bonchev–Trinajstić information content (AvgIpc) is 3.11. The summed E-state index contributed by atoms with van der Waals surface area (Å²) in [6, 6.07) is 17.2. The Morgan fingerprint density at radius 3 is 2.46 bits per heavy atom. The SMILES string of the molecule is C=CCn1c(SCc2cccc(C)c2)nnc1-c1ccc(N(CC)CC)cc1. The van der Waals surface area contributed by atoms with Crippen molar-refractivity contribution in [1.82, 2.24) is 14.8 Å². The fraction of sp³-hybridized carbons (Fsp3) is 0.304. The van der Waals surface area contributed by atoms with E-state index < -0.39 is 0 Å². The maximum Gasteiger partial charge on any atom is 0.192 e.